The van der Waals surface area contributed by atoms with Crippen LogP contribution in [0.2, 0.25) is 0 Å². The summed E-state index contributed by atoms with van der Waals surface area (Å²) in [4.78, 5) is 17.6. The first-order chi connectivity index (χ1) is 13.2. The highest BCUT2D eigenvalue weighted by molar-refractivity contribution is 7.21. The number of benzene rings is 2. The Morgan fingerprint density at radius 2 is 2.00 bits per heavy atom. The number of thiophene rings is 1. The maximum absolute atomic E-state index is 12.8. The molecule has 0 aliphatic carbocycles. The van der Waals surface area contributed by atoms with Crippen molar-refractivity contribution >= 4 is 33.0 Å². The molecule has 0 unspecified atom stereocenters. The quantitative estimate of drug-likeness (QED) is 0.528. The van der Waals surface area contributed by atoms with Crippen molar-refractivity contribution in [3.8, 4) is 5.75 Å². The molecule has 0 atom stereocenters. The first kappa shape index (κ1) is 17.3. The Bertz CT molecular complexity index is 1070. The van der Waals surface area contributed by atoms with Crippen molar-refractivity contribution in [3.05, 3.63) is 77.7 Å². The normalized spacial score (nSPS) is 10.9. The van der Waals surface area contributed by atoms with Crippen molar-refractivity contribution < 1.29 is 9.53 Å². The molecule has 0 aliphatic rings. The maximum atomic E-state index is 12.8. The van der Waals surface area contributed by atoms with Gasteiger partial charge in [0.1, 0.15) is 12.4 Å². The smallest absolute Gasteiger partial charge is 0.266 e. The molecule has 0 saturated heterocycles. The van der Waals surface area contributed by atoms with Crippen LogP contribution >= 0.6 is 11.3 Å². The summed E-state index contributed by atoms with van der Waals surface area (Å²) in [6.45, 7) is 3.17. The highest BCUT2D eigenvalue weighted by Gasteiger charge is 2.16. The van der Waals surface area contributed by atoms with Crippen LogP contribution in [-0.2, 0) is 6.54 Å². The first-order valence-electron chi connectivity index (χ1n) is 8.69. The van der Waals surface area contributed by atoms with Crippen molar-refractivity contribution in [1.29, 1.82) is 0 Å². The second-order valence-corrected chi connectivity index (χ2v) is 7.20. The van der Waals surface area contributed by atoms with E-state index in [4.69, 9.17) is 4.74 Å². The van der Waals surface area contributed by atoms with Gasteiger partial charge < -0.3 is 14.6 Å². The fourth-order valence-electron chi connectivity index (χ4n) is 2.95. The number of fused-ring (bicyclic) bond motifs is 1. The number of ether oxygens (including phenoxy) is 1. The molecule has 1 amide bonds. The first-order valence-corrected chi connectivity index (χ1v) is 9.51. The number of aromatic nitrogens is 2. The lowest BCUT2D eigenvalue weighted by Gasteiger charge is -2.12. The molecule has 6 heteroatoms. The Kier molecular flexibility index (Phi) is 4.89. The Hall–Kier alpha value is -3.12. The van der Waals surface area contributed by atoms with Crippen LogP contribution in [-0.4, -0.2) is 22.1 Å². The van der Waals surface area contributed by atoms with E-state index in [9.17, 15) is 4.79 Å². The van der Waals surface area contributed by atoms with Crippen LogP contribution in [0.1, 0.15) is 15.2 Å². The van der Waals surface area contributed by atoms with Gasteiger partial charge in [-0.3, -0.25) is 4.79 Å². The minimum atomic E-state index is -0.112. The van der Waals surface area contributed by atoms with E-state index in [-0.39, 0.29) is 5.91 Å². The summed E-state index contributed by atoms with van der Waals surface area (Å²) in [5.74, 6) is 0.545. The molecule has 0 bridgehead atoms. The monoisotopic (exact) mass is 377 g/mol. The van der Waals surface area contributed by atoms with E-state index in [1.54, 1.807) is 12.5 Å². The lowest BCUT2D eigenvalue weighted by Crippen LogP contribution is -2.13. The van der Waals surface area contributed by atoms with Gasteiger partial charge in [0.15, 0.2) is 0 Å². The molecule has 4 aromatic rings. The van der Waals surface area contributed by atoms with Crippen molar-refractivity contribution in [1.82, 2.24) is 9.55 Å². The van der Waals surface area contributed by atoms with Gasteiger partial charge in [-0.15, -0.1) is 11.3 Å². The minimum Gasteiger partial charge on any atom is -0.490 e. The third-order valence-electron chi connectivity index (χ3n) is 4.35. The third kappa shape index (κ3) is 3.71. The van der Waals surface area contributed by atoms with Gasteiger partial charge >= 0.3 is 0 Å². The molecular formula is C21H19N3O2S. The zero-order chi connectivity index (χ0) is 18.6. The van der Waals surface area contributed by atoms with Crippen molar-refractivity contribution in [3.63, 3.8) is 0 Å². The Morgan fingerprint density at radius 3 is 2.81 bits per heavy atom. The van der Waals surface area contributed by atoms with Crippen LogP contribution in [0.3, 0.4) is 0 Å². The van der Waals surface area contributed by atoms with Gasteiger partial charge in [0.25, 0.3) is 5.91 Å². The molecule has 0 saturated carbocycles. The molecule has 1 N–H and O–H groups in total. The number of amides is 1. The van der Waals surface area contributed by atoms with Gasteiger partial charge in [-0.1, -0.05) is 30.3 Å². The summed E-state index contributed by atoms with van der Waals surface area (Å²) < 4.78 is 8.94. The molecule has 136 valence electrons. The van der Waals surface area contributed by atoms with Crippen molar-refractivity contribution in [2.45, 2.75) is 13.5 Å². The predicted octanol–water partition coefficient (Wildman–Crippen LogP) is 4.74. The highest BCUT2D eigenvalue weighted by atomic mass is 32.1. The highest BCUT2D eigenvalue weighted by Crippen LogP contribution is 2.32. The summed E-state index contributed by atoms with van der Waals surface area (Å²) >= 11 is 1.51. The lowest BCUT2D eigenvalue weighted by atomic mass is 10.1. The molecule has 0 radical (unpaired) electrons. The molecule has 2 aromatic carbocycles. The maximum Gasteiger partial charge on any atom is 0.266 e. The van der Waals surface area contributed by atoms with Crippen LogP contribution in [0.25, 0.3) is 10.1 Å². The Morgan fingerprint density at radius 1 is 1.19 bits per heavy atom. The van der Waals surface area contributed by atoms with E-state index in [1.165, 1.54) is 11.3 Å². The number of imidazole rings is 1. The fraction of sp³-hybridized carbons (Fsp3) is 0.143. The predicted molar refractivity (Wildman–Crippen MR) is 109 cm³/mol. The molecule has 2 aromatic heterocycles. The molecule has 0 fully saturated rings. The number of carbonyl (C=O) groups is 1. The second kappa shape index (κ2) is 7.63. The largest absolute Gasteiger partial charge is 0.490 e. The summed E-state index contributed by atoms with van der Waals surface area (Å²) in [6.07, 6.45) is 5.38. The molecule has 27 heavy (non-hydrogen) atoms. The SMILES string of the molecule is Cc1c(C(=O)Nc2ccccc2OCCn2ccnc2)sc2ccccc12. The van der Waals surface area contributed by atoms with Crippen molar-refractivity contribution in [2.75, 3.05) is 11.9 Å². The fourth-order valence-corrected chi connectivity index (χ4v) is 4.05. The standard InChI is InChI=1S/C21H19N3O2S/c1-15-16-6-2-5-9-19(16)27-20(15)21(25)23-17-7-3-4-8-18(17)26-13-12-24-11-10-22-14-24/h2-11,14H,12-13H2,1H3,(H,23,25). The molecule has 2 heterocycles. The zero-order valence-corrected chi connectivity index (χ0v) is 15.7. The van der Waals surface area contributed by atoms with Gasteiger partial charge in [-0.05, 0) is 36.1 Å². The average molecular weight is 377 g/mol. The van der Waals surface area contributed by atoms with Gasteiger partial charge in [0, 0.05) is 17.1 Å². The number of aryl methyl sites for hydroxylation is 1. The third-order valence-corrected chi connectivity index (χ3v) is 5.62. The lowest BCUT2D eigenvalue weighted by molar-refractivity contribution is 0.102. The van der Waals surface area contributed by atoms with Crippen LogP contribution < -0.4 is 10.1 Å². The number of hydrogen-bond donors (Lipinski definition) is 1. The van der Waals surface area contributed by atoms with Crippen LogP contribution in [0, 0.1) is 6.92 Å². The number of anilines is 1. The summed E-state index contributed by atoms with van der Waals surface area (Å²) in [5.41, 5.74) is 1.68. The van der Waals surface area contributed by atoms with E-state index < -0.39 is 0 Å². The molecular weight excluding hydrogens is 358 g/mol. The Labute approximate surface area is 161 Å². The molecule has 4 rings (SSSR count). The molecule has 0 aliphatic heterocycles. The van der Waals surface area contributed by atoms with Crippen LogP contribution in [0.15, 0.2) is 67.3 Å². The number of para-hydroxylation sites is 2. The van der Waals surface area contributed by atoms with Crippen LogP contribution in [0.5, 0.6) is 5.75 Å². The molecule has 0 spiro atoms. The van der Waals surface area contributed by atoms with E-state index in [1.807, 2.05) is 66.2 Å². The van der Waals surface area contributed by atoms with Gasteiger partial charge in [0.2, 0.25) is 0 Å². The van der Waals surface area contributed by atoms with Crippen molar-refractivity contribution in [2.24, 2.45) is 0 Å². The minimum absolute atomic E-state index is 0.112. The number of nitrogens with zero attached hydrogens (tertiary/aromatic N) is 2. The number of nitrogens with one attached hydrogen (secondary N) is 1. The zero-order valence-electron chi connectivity index (χ0n) is 14.9. The number of rotatable bonds is 6. The van der Waals surface area contributed by atoms with Gasteiger partial charge in [0.05, 0.1) is 23.4 Å². The van der Waals surface area contributed by atoms with E-state index >= 15 is 0 Å². The summed E-state index contributed by atoms with van der Waals surface area (Å²) in [5, 5.41) is 4.12. The average Bonchev–Trinajstić information content (AvgIpc) is 3.32. The topological polar surface area (TPSA) is 56.1 Å². The van der Waals surface area contributed by atoms with Gasteiger partial charge in [-0.2, -0.15) is 0 Å². The van der Waals surface area contributed by atoms with E-state index in [0.717, 1.165) is 20.5 Å². The van der Waals surface area contributed by atoms with Gasteiger partial charge in [-0.25, -0.2) is 4.98 Å². The van der Waals surface area contributed by atoms with E-state index in [2.05, 4.69) is 10.3 Å². The summed E-state index contributed by atoms with van der Waals surface area (Å²) in [6, 6.07) is 15.6. The van der Waals surface area contributed by atoms with Crippen LogP contribution in [0.4, 0.5) is 5.69 Å². The Balaban J connectivity index is 1.50. The number of carbonyl (C=O) groups excluding carboxylic acids is 1. The molecule has 5 nitrogen and oxygen atoms in total. The van der Waals surface area contributed by atoms with E-state index in [0.29, 0.717) is 24.6 Å². The summed E-state index contributed by atoms with van der Waals surface area (Å²) in [7, 11) is 0. The number of hydrogen-bond acceptors (Lipinski definition) is 4. The second-order valence-electron chi connectivity index (χ2n) is 6.15.